The van der Waals surface area contributed by atoms with Gasteiger partial charge in [0.25, 0.3) is 0 Å². The lowest BCUT2D eigenvalue weighted by atomic mass is 10.1. The lowest BCUT2D eigenvalue weighted by Crippen LogP contribution is -2.43. The number of piperidine rings is 1. The molecular weight excluding hydrogens is 236 g/mol. The number of nitrogens with one attached hydrogen (secondary N) is 1. The normalized spacial score (nSPS) is 17.6. The quantitative estimate of drug-likeness (QED) is 0.852. The van der Waals surface area contributed by atoms with Crippen molar-refractivity contribution in [2.24, 2.45) is 0 Å². The third kappa shape index (κ3) is 4.84. The minimum Gasteiger partial charge on any atom is -0.492 e. The van der Waals surface area contributed by atoms with Crippen molar-refractivity contribution in [3.8, 4) is 5.75 Å². The summed E-state index contributed by atoms with van der Waals surface area (Å²) in [5, 5.41) is 3.54. The van der Waals surface area contributed by atoms with E-state index >= 15 is 0 Å². The fourth-order valence-electron chi connectivity index (χ4n) is 2.65. The molecule has 3 nitrogen and oxygen atoms in total. The zero-order valence-electron chi connectivity index (χ0n) is 12.2. The van der Waals surface area contributed by atoms with E-state index in [0.29, 0.717) is 0 Å². The van der Waals surface area contributed by atoms with E-state index in [2.05, 4.69) is 36.2 Å². The maximum atomic E-state index is 5.81. The highest BCUT2D eigenvalue weighted by Gasteiger charge is 2.17. The van der Waals surface area contributed by atoms with E-state index in [1.165, 1.54) is 31.5 Å². The van der Waals surface area contributed by atoms with Gasteiger partial charge in [-0.3, -0.25) is 4.90 Å². The van der Waals surface area contributed by atoms with Gasteiger partial charge in [-0.2, -0.15) is 0 Å². The Morgan fingerprint density at radius 1 is 1.32 bits per heavy atom. The summed E-state index contributed by atoms with van der Waals surface area (Å²) < 4.78 is 5.81. The zero-order chi connectivity index (χ0) is 13.5. The zero-order valence-corrected chi connectivity index (χ0v) is 12.2. The fourth-order valence-corrected chi connectivity index (χ4v) is 2.65. The molecule has 0 aliphatic carbocycles. The van der Waals surface area contributed by atoms with Crippen molar-refractivity contribution < 1.29 is 4.74 Å². The summed E-state index contributed by atoms with van der Waals surface area (Å²) in [6, 6.07) is 8.99. The highest BCUT2D eigenvalue weighted by molar-refractivity contribution is 5.27. The van der Waals surface area contributed by atoms with E-state index in [4.69, 9.17) is 4.74 Å². The first-order chi connectivity index (χ1) is 9.28. The number of ether oxygens (including phenoxy) is 1. The summed E-state index contributed by atoms with van der Waals surface area (Å²) in [4.78, 5) is 2.50. The van der Waals surface area contributed by atoms with Crippen LogP contribution in [0.25, 0.3) is 0 Å². The van der Waals surface area contributed by atoms with Gasteiger partial charge in [0.2, 0.25) is 0 Å². The Kier molecular flexibility index (Phi) is 5.67. The molecule has 0 aromatic heterocycles. The van der Waals surface area contributed by atoms with Crippen LogP contribution in [0.2, 0.25) is 0 Å². The fraction of sp³-hybridized carbons (Fsp3) is 0.625. The van der Waals surface area contributed by atoms with Gasteiger partial charge in [0, 0.05) is 12.6 Å². The Morgan fingerprint density at radius 3 is 2.79 bits per heavy atom. The molecule has 1 fully saturated rings. The number of nitrogens with zero attached hydrogens (tertiary/aromatic N) is 1. The largest absolute Gasteiger partial charge is 0.492 e. The third-order valence-corrected chi connectivity index (χ3v) is 3.75. The predicted molar refractivity (Wildman–Crippen MR) is 79.8 cm³/mol. The van der Waals surface area contributed by atoms with Crippen molar-refractivity contribution in [2.45, 2.75) is 32.7 Å². The predicted octanol–water partition coefficient (Wildman–Crippen LogP) is 2.45. The Hall–Kier alpha value is -1.06. The number of hydrogen-bond donors (Lipinski definition) is 1. The number of aryl methyl sites for hydroxylation is 1. The van der Waals surface area contributed by atoms with Crippen molar-refractivity contribution in [3.05, 3.63) is 29.8 Å². The van der Waals surface area contributed by atoms with Crippen LogP contribution in [-0.4, -0.2) is 43.7 Å². The molecule has 106 valence electrons. The van der Waals surface area contributed by atoms with Gasteiger partial charge in [-0.05, 0) is 57.1 Å². The van der Waals surface area contributed by atoms with Gasteiger partial charge in [0.1, 0.15) is 12.4 Å². The van der Waals surface area contributed by atoms with Gasteiger partial charge in [-0.1, -0.05) is 19.1 Å². The standard InChI is InChI=1S/C16H26N2O/c1-3-17-15-7-9-18(10-8-15)11-12-19-16-6-4-5-14(2)13-16/h4-6,13,15,17H,3,7-12H2,1-2H3. The van der Waals surface area contributed by atoms with Gasteiger partial charge >= 0.3 is 0 Å². The van der Waals surface area contributed by atoms with Crippen LogP contribution in [0.4, 0.5) is 0 Å². The molecule has 0 atom stereocenters. The van der Waals surface area contributed by atoms with E-state index in [1.807, 2.05) is 12.1 Å². The average Bonchev–Trinajstić information content (AvgIpc) is 2.41. The summed E-state index contributed by atoms with van der Waals surface area (Å²) in [6.45, 7) is 9.56. The van der Waals surface area contributed by atoms with Crippen LogP contribution in [0, 0.1) is 6.92 Å². The first kappa shape index (κ1) is 14.4. The van der Waals surface area contributed by atoms with Crippen LogP contribution in [0.3, 0.4) is 0 Å². The molecule has 0 bridgehead atoms. The lowest BCUT2D eigenvalue weighted by molar-refractivity contribution is 0.165. The highest BCUT2D eigenvalue weighted by Crippen LogP contribution is 2.13. The molecular formula is C16H26N2O. The molecule has 1 aliphatic heterocycles. The van der Waals surface area contributed by atoms with Crippen molar-refractivity contribution in [2.75, 3.05) is 32.8 Å². The molecule has 1 N–H and O–H groups in total. The molecule has 0 radical (unpaired) electrons. The summed E-state index contributed by atoms with van der Waals surface area (Å²) in [6.07, 6.45) is 2.52. The SMILES string of the molecule is CCNC1CCN(CCOc2cccc(C)c2)CC1. The van der Waals surface area contributed by atoms with Crippen molar-refractivity contribution >= 4 is 0 Å². The summed E-state index contributed by atoms with van der Waals surface area (Å²) in [5.41, 5.74) is 1.25. The molecule has 1 saturated heterocycles. The molecule has 1 aliphatic rings. The van der Waals surface area contributed by atoms with Crippen LogP contribution in [0.5, 0.6) is 5.75 Å². The molecule has 0 saturated carbocycles. The van der Waals surface area contributed by atoms with Crippen LogP contribution >= 0.6 is 0 Å². The van der Waals surface area contributed by atoms with Gasteiger partial charge in [0.05, 0.1) is 0 Å². The Morgan fingerprint density at radius 2 is 2.11 bits per heavy atom. The van der Waals surface area contributed by atoms with E-state index in [1.54, 1.807) is 0 Å². The Bertz CT molecular complexity index is 373. The van der Waals surface area contributed by atoms with E-state index in [-0.39, 0.29) is 0 Å². The van der Waals surface area contributed by atoms with Gasteiger partial charge in [-0.25, -0.2) is 0 Å². The molecule has 2 rings (SSSR count). The molecule has 1 aromatic rings. The van der Waals surface area contributed by atoms with Crippen LogP contribution < -0.4 is 10.1 Å². The van der Waals surface area contributed by atoms with Crippen LogP contribution in [0.1, 0.15) is 25.3 Å². The van der Waals surface area contributed by atoms with Crippen molar-refractivity contribution in [1.82, 2.24) is 10.2 Å². The second-order valence-electron chi connectivity index (χ2n) is 5.34. The number of likely N-dealkylation sites (tertiary alicyclic amines) is 1. The maximum Gasteiger partial charge on any atom is 0.119 e. The molecule has 3 heteroatoms. The van der Waals surface area contributed by atoms with E-state index in [9.17, 15) is 0 Å². The lowest BCUT2D eigenvalue weighted by Gasteiger charge is -2.32. The van der Waals surface area contributed by atoms with E-state index in [0.717, 1.165) is 31.5 Å². The minimum absolute atomic E-state index is 0.721. The summed E-state index contributed by atoms with van der Waals surface area (Å²) in [5.74, 6) is 0.988. The average molecular weight is 262 g/mol. The van der Waals surface area contributed by atoms with E-state index < -0.39 is 0 Å². The highest BCUT2D eigenvalue weighted by atomic mass is 16.5. The second-order valence-corrected chi connectivity index (χ2v) is 5.34. The Labute approximate surface area is 116 Å². The first-order valence-electron chi connectivity index (χ1n) is 7.43. The van der Waals surface area contributed by atoms with Crippen molar-refractivity contribution in [1.29, 1.82) is 0 Å². The first-order valence-corrected chi connectivity index (χ1v) is 7.43. The molecule has 0 spiro atoms. The van der Waals surface area contributed by atoms with Gasteiger partial charge < -0.3 is 10.1 Å². The van der Waals surface area contributed by atoms with Crippen LogP contribution in [-0.2, 0) is 0 Å². The topological polar surface area (TPSA) is 24.5 Å². The molecule has 1 aromatic carbocycles. The molecule has 19 heavy (non-hydrogen) atoms. The minimum atomic E-state index is 0.721. The second kappa shape index (κ2) is 7.51. The molecule has 1 heterocycles. The van der Waals surface area contributed by atoms with Crippen molar-refractivity contribution in [3.63, 3.8) is 0 Å². The maximum absolute atomic E-state index is 5.81. The van der Waals surface area contributed by atoms with Crippen LogP contribution in [0.15, 0.2) is 24.3 Å². The smallest absolute Gasteiger partial charge is 0.119 e. The monoisotopic (exact) mass is 262 g/mol. The summed E-state index contributed by atoms with van der Waals surface area (Å²) in [7, 11) is 0. The van der Waals surface area contributed by atoms with Gasteiger partial charge in [-0.15, -0.1) is 0 Å². The number of benzene rings is 1. The molecule has 0 amide bonds. The summed E-state index contributed by atoms with van der Waals surface area (Å²) >= 11 is 0. The third-order valence-electron chi connectivity index (χ3n) is 3.75. The number of hydrogen-bond acceptors (Lipinski definition) is 3. The Balaban J connectivity index is 1.64. The van der Waals surface area contributed by atoms with Gasteiger partial charge in [0.15, 0.2) is 0 Å². The molecule has 0 unspecified atom stereocenters. The number of rotatable bonds is 6.